The van der Waals surface area contributed by atoms with Crippen LogP contribution in [-0.2, 0) is 14.3 Å². The van der Waals surface area contributed by atoms with E-state index in [2.05, 4.69) is 5.32 Å². The van der Waals surface area contributed by atoms with Gasteiger partial charge in [0.2, 0.25) is 0 Å². The molecule has 0 aliphatic rings. The molecule has 2 aromatic rings. The number of anilines is 1. The molecule has 1 amide bonds. The molecule has 0 bridgehead atoms. The van der Waals surface area contributed by atoms with Crippen molar-refractivity contribution >= 4 is 17.6 Å². The Labute approximate surface area is 146 Å². The lowest BCUT2D eigenvalue weighted by Crippen LogP contribution is -2.31. The maximum Gasteiger partial charge on any atom is 0.344 e. The first-order chi connectivity index (χ1) is 12.0. The highest BCUT2D eigenvalue weighted by molar-refractivity contribution is 5.95. The number of carbonyl (C=O) groups is 2. The molecule has 6 heteroatoms. The summed E-state index contributed by atoms with van der Waals surface area (Å²) in [6.45, 7) is 3.15. The minimum atomic E-state index is -0.924. The number of ether oxygens (including phenoxy) is 3. The van der Waals surface area contributed by atoms with Gasteiger partial charge in [-0.3, -0.25) is 4.79 Å². The standard InChI is InChI=1S/C19H21NO5/c1-13-5-4-6-15(11-13)20-19(22)14(2)25-18(21)12-24-17-9-7-16(23-3)8-10-17/h4-11,14H,12H2,1-3H3,(H,20,22)/t14-/m0/s1. The second kappa shape index (κ2) is 8.73. The summed E-state index contributed by atoms with van der Waals surface area (Å²) >= 11 is 0. The summed E-state index contributed by atoms with van der Waals surface area (Å²) < 4.78 is 15.4. The predicted molar refractivity (Wildman–Crippen MR) is 93.9 cm³/mol. The molecule has 6 nitrogen and oxygen atoms in total. The zero-order valence-electron chi connectivity index (χ0n) is 14.4. The Morgan fingerprint density at radius 3 is 2.40 bits per heavy atom. The summed E-state index contributed by atoms with van der Waals surface area (Å²) in [7, 11) is 1.57. The smallest absolute Gasteiger partial charge is 0.344 e. The third-order valence-electron chi connectivity index (χ3n) is 3.38. The van der Waals surface area contributed by atoms with E-state index in [9.17, 15) is 9.59 Å². The zero-order valence-corrected chi connectivity index (χ0v) is 14.4. The van der Waals surface area contributed by atoms with Crippen LogP contribution in [0.2, 0.25) is 0 Å². The van der Waals surface area contributed by atoms with Gasteiger partial charge in [-0.1, -0.05) is 12.1 Å². The van der Waals surface area contributed by atoms with E-state index in [0.29, 0.717) is 17.2 Å². The largest absolute Gasteiger partial charge is 0.497 e. The number of nitrogens with one attached hydrogen (secondary N) is 1. The van der Waals surface area contributed by atoms with Gasteiger partial charge in [0.15, 0.2) is 12.7 Å². The molecule has 0 unspecified atom stereocenters. The monoisotopic (exact) mass is 343 g/mol. The summed E-state index contributed by atoms with van der Waals surface area (Å²) in [6.07, 6.45) is -0.924. The number of hydrogen-bond acceptors (Lipinski definition) is 5. The Hall–Kier alpha value is -3.02. The van der Waals surface area contributed by atoms with E-state index in [-0.39, 0.29) is 6.61 Å². The number of aryl methyl sites for hydroxylation is 1. The van der Waals surface area contributed by atoms with Crippen molar-refractivity contribution in [2.45, 2.75) is 20.0 Å². The molecule has 2 rings (SSSR count). The molecular weight excluding hydrogens is 322 g/mol. The van der Waals surface area contributed by atoms with Gasteiger partial charge in [0.25, 0.3) is 5.91 Å². The highest BCUT2D eigenvalue weighted by Crippen LogP contribution is 2.17. The average Bonchev–Trinajstić information content (AvgIpc) is 2.60. The third-order valence-corrected chi connectivity index (χ3v) is 3.38. The van der Waals surface area contributed by atoms with Gasteiger partial charge in [-0.05, 0) is 55.8 Å². The SMILES string of the molecule is COc1ccc(OCC(=O)O[C@@H](C)C(=O)Nc2cccc(C)c2)cc1. The van der Waals surface area contributed by atoms with Crippen molar-refractivity contribution in [3.8, 4) is 11.5 Å². The van der Waals surface area contributed by atoms with Crippen LogP contribution in [0.25, 0.3) is 0 Å². The van der Waals surface area contributed by atoms with Crippen molar-refractivity contribution in [3.05, 3.63) is 54.1 Å². The fourth-order valence-corrected chi connectivity index (χ4v) is 2.07. The van der Waals surface area contributed by atoms with Gasteiger partial charge in [-0.25, -0.2) is 4.79 Å². The molecule has 0 saturated heterocycles. The van der Waals surface area contributed by atoms with Gasteiger partial charge in [0.1, 0.15) is 11.5 Å². The van der Waals surface area contributed by atoms with E-state index in [1.807, 2.05) is 25.1 Å². The Morgan fingerprint density at radius 2 is 1.76 bits per heavy atom. The Kier molecular flexibility index (Phi) is 6.39. The first kappa shape index (κ1) is 18.3. The van der Waals surface area contributed by atoms with Gasteiger partial charge < -0.3 is 19.5 Å². The molecule has 0 saturated carbocycles. The number of carbonyl (C=O) groups excluding carboxylic acids is 2. The summed E-state index contributed by atoms with van der Waals surface area (Å²) in [5.41, 5.74) is 1.68. The van der Waals surface area contributed by atoms with E-state index in [1.54, 1.807) is 37.4 Å². The lowest BCUT2D eigenvalue weighted by atomic mass is 10.2. The lowest BCUT2D eigenvalue weighted by molar-refractivity contribution is -0.155. The number of hydrogen-bond donors (Lipinski definition) is 1. The first-order valence-corrected chi connectivity index (χ1v) is 7.82. The number of amides is 1. The highest BCUT2D eigenvalue weighted by Gasteiger charge is 2.18. The zero-order chi connectivity index (χ0) is 18.2. The van der Waals surface area contributed by atoms with Gasteiger partial charge >= 0.3 is 5.97 Å². The van der Waals surface area contributed by atoms with Crippen LogP contribution in [0.15, 0.2) is 48.5 Å². The molecule has 25 heavy (non-hydrogen) atoms. The van der Waals surface area contributed by atoms with Crippen molar-refractivity contribution in [2.24, 2.45) is 0 Å². The van der Waals surface area contributed by atoms with E-state index >= 15 is 0 Å². The number of benzene rings is 2. The van der Waals surface area contributed by atoms with Crippen molar-refractivity contribution in [2.75, 3.05) is 19.0 Å². The van der Waals surface area contributed by atoms with Crippen molar-refractivity contribution in [1.29, 1.82) is 0 Å². The van der Waals surface area contributed by atoms with E-state index in [1.165, 1.54) is 6.92 Å². The quantitative estimate of drug-likeness (QED) is 0.783. The highest BCUT2D eigenvalue weighted by atomic mass is 16.6. The normalized spacial score (nSPS) is 11.3. The lowest BCUT2D eigenvalue weighted by Gasteiger charge is -2.14. The second-order valence-electron chi connectivity index (χ2n) is 5.46. The minimum Gasteiger partial charge on any atom is -0.497 e. The van der Waals surface area contributed by atoms with E-state index in [4.69, 9.17) is 14.2 Å². The fraction of sp³-hybridized carbons (Fsp3) is 0.263. The summed E-state index contributed by atoms with van der Waals surface area (Å²) in [6, 6.07) is 14.2. The van der Waals surface area contributed by atoms with Gasteiger partial charge in [0, 0.05) is 5.69 Å². The molecule has 0 aromatic heterocycles. The average molecular weight is 343 g/mol. The van der Waals surface area contributed by atoms with Gasteiger partial charge in [0.05, 0.1) is 7.11 Å². The molecule has 0 aliphatic heterocycles. The van der Waals surface area contributed by atoms with Gasteiger partial charge in [-0.2, -0.15) is 0 Å². The summed E-state index contributed by atoms with van der Waals surface area (Å²) in [5, 5.41) is 2.70. The molecule has 1 atom stereocenters. The van der Waals surface area contributed by atoms with Crippen LogP contribution in [0, 0.1) is 6.92 Å². The second-order valence-corrected chi connectivity index (χ2v) is 5.46. The molecule has 1 N–H and O–H groups in total. The molecule has 0 radical (unpaired) electrons. The van der Waals surface area contributed by atoms with Crippen molar-refractivity contribution in [3.63, 3.8) is 0 Å². The predicted octanol–water partition coefficient (Wildman–Crippen LogP) is 2.95. The van der Waals surface area contributed by atoms with Crippen LogP contribution in [0.3, 0.4) is 0 Å². The minimum absolute atomic E-state index is 0.283. The van der Waals surface area contributed by atoms with Crippen LogP contribution in [0.4, 0.5) is 5.69 Å². The summed E-state index contributed by atoms with van der Waals surface area (Å²) in [4.78, 5) is 23.9. The number of rotatable bonds is 7. The molecule has 0 aliphatic carbocycles. The number of esters is 1. The Balaban J connectivity index is 1.79. The molecule has 0 fully saturated rings. The van der Waals surface area contributed by atoms with Crippen LogP contribution in [0.5, 0.6) is 11.5 Å². The Morgan fingerprint density at radius 1 is 1.08 bits per heavy atom. The van der Waals surface area contributed by atoms with Crippen LogP contribution in [0.1, 0.15) is 12.5 Å². The van der Waals surface area contributed by atoms with Crippen molar-refractivity contribution < 1.29 is 23.8 Å². The molecular formula is C19H21NO5. The van der Waals surface area contributed by atoms with E-state index in [0.717, 1.165) is 5.56 Å². The Bertz CT molecular complexity index is 727. The molecule has 132 valence electrons. The maximum atomic E-state index is 12.1. The first-order valence-electron chi connectivity index (χ1n) is 7.82. The maximum absolute atomic E-state index is 12.1. The van der Waals surface area contributed by atoms with Crippen LogP contribution < -0.4 is 14.8 Å². The third kappa shape index (κ3) is 5.84. The number of methoxy groups -OCH3 is 1. The van der Waals surface area contributed by atoms with Crippen LogP contribution in [-0.4, -0.2) is 31.7 Å². The molecule has 0 heterocycles. The van der Waals surface area contributed by atoms with Crippen LogP contribution >= 0.6 is 0 Å². The van der Waals surface area contributed by atoms with Crippen molar-refractivity contribution in [1.82, 2.24) is 0 Å². The molecule has 2 aromatic carbocycles. The fourth-order valence-electron chi connectivity index (χ4n) is 2.07. The summed E-state index contributed by atoms with van der Waals surface area (Å²) in [5.74, 6) is 0.178. The topological polar surface area (TPSA) is 73.9 Å². The van der Waals surface area contributed by atoms with Gasteiger partial charge in [-0.15, -0.1) is 0 Å². The van der Waals surface area contributed by atoms with E-state index < -0.39 is 18.0 Å². The molecule has 0 spiro atoms.